The summed E-state index contributed by atoms with van der Waals surface area (Å²) in [6.45, 7) is 5.55. The lowest BCUT2D eigenvalue weighted by Crippen LogP contribution is -2.46. The van der Waals surface area contributed by atoms with Crippen LogP contribution in [0.3, 0.4) is 0 Å². The lowest BCUT2D eigenvalue weighted by atomic mass is 10.0. The lowest BCUT2D eigenvalue weighted by Gasteiger charge is -2.33. The number of benzene rings is 1. The number of halogens is 1. The van der Waals surface area contributed by atoms with Crippen LogP contribution in [0.2, 0.25) is 5.02 Å². The van der Waals surface area contributed by atoms with E-state index in [0.717, 1.165) is 56.9 Å². The second-order valence-electron chi connectivity index (χ2n) is 7.77. The lowest BCUT2D eigenvalue weighted by molar-refractivity contribution is 0.00635. The Bertz CT molecular complexity index is 743. The van der Waals surface area contributed by atoms with Gasteiger partial charge in [-0.1, -0.05) is 30.2 Å². The predicted octanol–water partition coefficient (Wildman–Crippen LogP) is 2.95. The van der Waals surface area contributed by atoms with Crippen LogP contribution in [0.1, 0.15) is 31.2 Å². The molecule has 1 aromatic heterocycles. The molecule has 0 bridgehead atoms. The Balaban J connectivity index is 1.36. The summed E-state index contributed by atoms with van der Waals surface area (Å²) in [7, 11) is 0. The highest BCUT2D eigenvalue weighted by Gasteiger charge is 2.37. The van der Waals surface area contributed by atoms with Crippen LogP contribution in [-0.2, 0) is 6.54 Å². The van der Waals surface area contributed by atoms with Crippen LogP contribution in [0.15, 0.2) is 36.7 Å². The maximum atomic E-state index is 11.0. The zero-order valence-electron chi connectivity index (χ0n) is 15.1. The standard InChI is InChI=1S/C20H27ClN4O/c21-18-6-2-3-7-19(18)25-14-17(12-22-25)13-24-11-8-20(26,16-24)15-23-9-4-1-5-10-23/h2-3,6-7,12,14,26H,1,4-5,8-11,13,15-16H2. The zero-order chi connectivity index (χ0) is 18.0. The summed E-state index contributed by atoms with van der Waals surface area (Å²) in [6, 6.07) is 7.72. The second kappa shape index (κ2) is 7.69. The summed E-state index contributed by atoms with van der Waals surface area (Å²) in [5.41, 5.74) is 1.46. The molecule has 3 heterocycles. The SMILES string of the molecule is OC1(CN2CCCCC2)CCN(Cc2cnn(-c3ccccc3Cl)c2)C1. The fraction of sp³-hybridized carbons (Fsp3) is 0.550. The summed E-state index contributed by atoms with van der Waals surface area (Å²) in [6.07, 6.45) is 8.63. The third-order valence-corrected chi connectivity index (χ3v) is 5.84. The van der Waals surface area contributed by atoms with Gasteiger partial charge < -0.3 is 10.0 Å². The molecule has 2 aliphatic heterocycles. The number of rotatable bonds is 5. The van der Waals surface area contributed by atoms with Crippen LogP contribution in [-0.4, -0.2) is 63.0 Å². The third kappa shape index (κ3) is 4.12. The zero-order valence-corrected chi connectivity index (χ0v) is 15.9. The Morgan fingerprint density at radius 2 is 1.88 bits per heavy atom. The van der Waals surface area contributed by atoms with Crippen molar-refractivity contribution in [3.63, 3.8) is 0 Å². The quantitative estimate of drug-likeness (QED) is 0.873. The van der Waals surface area contributed by atoms with Gasteiger partial charge in [-0.25, -0.2) is 4.68 Å². The number of likely N-dealkylation sites (tertiary alicyclic amines) is 2. The Labute approximate surface area is 160 Å². The molecule has 0 radical (unpaired) electrons. The maximum absolute atomic E-state index is 11.0. The average molecular weight is 375 g/mol. The van der Waals surface area contributed by atoms with Crippen molar-refractivity contribution in [2.24, 2.45) is 0 Å². The molecule has 0 spiro atoms. The molecular formula is C20H27ClN4O. The van der Waals surface area contributed by atoms with Crippen molar-refractivity contribution in [3.8, 4) is 5.69 Å². The fourth-order valence-corrected chi connectivity index (χ4v) is 4.43. The monoisotopic (exact) mass is 374 g/mol. The molecular weight excluding hydrogens is 348 g/mol. The van der Waals surface area contributed by atoms with Gasteiger partial charge >= 0.3 is 0 Å². The first kappa shape index (κ1) is 18.0. The van der Waals surface area contributed by atoms with Gasteiger partial charge in [0.2, 0.25) is 0 Å². The highest BCUT2D eigenvalue weighted by atomic mass is 35.5. The van der Waals surface area contributed by atoms with Gasteiger partial charge in [0.05, 0.1) is 22.5 Å². The van der Waals surface area contributed by atoms with Crippen LogP contribution in [0.4, 0.5) is 0 Å². The minimum absolute atomic E-state index is 0.573. The number of aromatic nitrogens is 2. The van der Waals surface area contributed by atoms with Gasteiger partial charge in [0, 0.05) is 37.9 Å². The average Bonchev–Trinajstić information content (AvgIpc) is 3.23. The third-order valence-electron chi connectivity index (χ3n) is 5.52. The van der Waals surface area contributed by atoms with E-state index in [0.29, 0.717) is 5.02 Å². The van der Waals surface area contributed by atoms with Gasteiger partial charge in [-0.2, -0.15) is 5.10 Å². The van der Waals surface area contributed by atoms with Crippen LogP contribution < -0.4 is 0 Å². The minimum Gasteiger partial charge on any atom is -0.387 e. The second-order valence-corrected chi connectivity index (χ2v) is 8.17. The molecule has 2 aromatic rings. The summed E-state index contributed by atoms with van der Waals surface area (Å²) < 4.78 is 1.83. The van der Waals surface area contributed by atoms with Gasteiger partial charge in [-0.3, -0.25) is 4.90 Å². The number of piperidine rings is 1. The number of hydrogen-bond acceptors (Lipinski definition) is 4. The van der Waals surface area contributed by atoms with Crippen molar-refractivity contribution in [2.75, 3.05) is 32.7 Å². The van der Waals surface area contributed by atoms with Gasteiger partial charge in [0.1, 0.15) is 0 Å². The number of β-amino-alcohol motifs (C(OH)–C–C–N with tert-alkyl or cyclic N) is 1. The van der Waals surface area contributed by atoms with Crippen molar-refractivity contribution in [1.82, 2.24) is 19.6 Å². The highest BCUT2D eigenvalue weighted by molar-refractivity contribution is 6.32. The van der Waals surface area contributed by atoms with Crippen LogP contribution in [0, 0.1) is 0 Å². The molecule has 1 N–H and O–H groups in total. The Kier molecular flexibility index (Phi) is 5.32. The summed E-state index contributed by atoms with van der Waals surface area (Å²) >= 11 is 6.26. The Hall–Kier alpha value is -1.40. The van der Waals surface area contributed by atoms with Crippen LogP contribution in [0.5, 0.6) is 0 Å². The molecule has 0 amide bonds. The molecule has 140 valence electrons. The van der Waals surface area contributed by atoms with Crippen LogP contribution in [0.25, 0.3) is 5.69 Å². The molecule has 1 unspecified atom stereocenters. The first-order valence-electron chi connectivity index (χ1n) is 9.57. The largest absolute Gasteiger partial charge is 0.387 e. The number of nitrogens with zero attached hydrogens (tertiary/aromatic N) is 4. The van der Waals surface area contributed by atoms with Crippen molar-refractivity contribution >= 4 is 11.6 Å². The van der Waals surface area contributed by atoms with E-state index in [1.807, 2.05) is 41.3 Å². The molecule has 4 rings (SSSR count). The summed E-state index contributed by atoms with van der Waals surface area (Å²) in [4.78, 5) is 4.76. The molecule has 2 saturated heterocycles. The molecule has 1 aromatic carbocycles. The highest BCUT2D eigenvalue weighted by Crippen LogP contribution is 2.26. The molecule has 6 heteroatoms. The molecule has 1 atom stereocenters. The van der Waals surface area contributed by atoms with Crippen molar-refractivity contribution < 1.29 is 5.11 Å². The van der Waals surface area contributed by atoms with E-state index < -0.39 is 5.60 Å². The molecule has 5 nitrogen and oxygen atoms in total. The molecule has 2 aliphatic rings. The fourth-order valence-electron chi connectivity index (χ4n) is 4.21. The molecule has 26 heavy (non-hydrogen) atoms. The van der Waals surface area contributed by atoms with Gasteiger partial charge in [-0.05, 0) is 44.5 Å². The smallest absolute Gasteiger partial charge is 0.0912 e. The van der Waals surface area contributed by atoms with Crippen LogP contribution >= 0.6 is 11.6 Å². The van der Waals surface area contributed by atoms with E-state index in [1.165, 1.54) is 19.3 Å². The Morgan fingerprint density at radius 1 is 1.08 bits per heavy atom. The topological polar surface area (TPSA) is 44.5 Å². The predicted molar refractivity (Wildman–Crippen MR) is 104 cm³/mol. The van der Waals surface area contributed by atoms with E-state index in [2.05, 4.69) is 14.9 Å². The van der Waals surface area contributed by atoms with Crippen molar-refractivity contribution in [1.29, 1.82) is 0 Å². The maximum Gasteiger partial charge on any atom is 0.0912 e. The Morgan fingerprint density at radius 3 is 2.69 bits per heavy atom. The molecule has 0 aliphatic carbocycles. The van der Waals surface area contributed by atoms with E-state index >= 15 is 0 Å². The van der Waals surface area contributed by atoms with E-state index in [-0.39, 0.29) is 0 Å². The van der Waals surface area contributed by atoms with Crippen molar-refractivity contribution in [2.45, 2.75) is 37.8 Å². The minimum atomic E-state index is -0.573. The normalized spacial score (nSPS) is 25.0. The van der Waals surface area contributed by atoms with Crippen molar-refractivity contribution in [3.05, 3.63) is 47.2 Å². The summed E-state index contributed by atoms with van der Waals surface area (Å²) in [5, 5.41) is 16.1. The number of hydrogen-bond donors (Lipinski definition) is 1. The first-order chi connectivity index (χ1) is 12.6. The van der Waals surface area contributed by atoms with E-state index in [1.54, 1.807) is 0 Å². The number of para-hydroxylation sites is 1. The van der Waals surface area contributed by atoms with E-state index in [9.17, 15) is 5.11 Å². The summed E-state index contributed by atoms with van der Waals surface area (Å²) in [5.74, 6) is 0. The molecule has 0 saturated carbocycles. The van der Waals surface area contributed by atoms with Gasteiger partial charge in [-0.15, -0.1) is 0 Å². The van der Waals surface area contributed by atoms with E-state index in [4.69, 9.17) is 11.6 Å². The van der Waals surface area contributed by atoms with Gasteiger partial charge in [0.15, 0.2) is 0 Å². The van der Waals surface area contributed by atoms with Gasteiger partial charge in [0.25, 0.3) is 0 Å². The molecule has 2 fully saturated rings. The first-order valence-corrected chi connectivity index (χ1v) is 9.95. The number of aliphatic hydroxyl groups is 1.